The number of carbonyl (C=O) groups is 1. The van der Waals surface area contributed by atoms with Gasteiger partial charge in [-0.25, -0.2) is 0 Å². The van der Waals surface area contributed by atoms with Crippen LogP contribution in [0.3, 0.4) is 0 Å². The van der Waals surface area contributed by atoms with Crippen molar-refractivity contribution in [2.45, 2.75) is 32.7 Å². The second-order valence-electron chi connectivity index (χ2n) is 4.15. The van der Waals surface area contributed by atoms with E-state index in [1.165, 1.54) is 6.92 Å². The van der Waals surface area contributed by atoms with Crippen LogP contribution in [0.1, 0.15) is 27.2 Å². The summed E-state index contributed by atoms with van der Waals surface area (Å²) in [7, 11) is 1.63. The number of carbonyl (C=O) groups excluding carboxylic acids is 1. The van der Waals surface area contributed by atoms with E-state index in [2.05, 4.69) is 10.3 Å². The molecule has 0 saturated carbocycles. The average molecular weight is 196 g/mol. The zero-order valence-corrected chi connectivity index (χ0v) is 9.01. The Kier molecular flexibility index (Phi) is 2.64. The molecule has 1 rings (SSSR count). The number of rotatable bonds is 0. The Balaban J connectivity index is 3.14. The van der Waals surface area contributed by atoms with Crippen molar-refractivity contribution >= 4 is 11.6 Å². The molecule has 0 radical (unpaired) electrons. The molecule has 1 fully saturated rings. The molecule has 1 heterocycles. The Bertz CT molecular complexity index is 323. The highest BCUT2D eigenvalue weighted by Crippen LogP contribution is 2.22. The maximum Gasteiger partial charge on any atom is 0.256 e. The third kappa shape index (κ3) is 1.95. The summed E-state index contributed by atoms with van der Waals surface area (Å²) in [5.41, 5.74) is 0.691. The van der Waals surface area contributed by atoms with Crippen LogP contribution in [-0.4, -0.2) is 29.3 Å². The zero-order valence-electron chi connectivity index (χ0n) is 9.01. The molecular formula is C10H16N2O2. The van der Waals surface area contributed by atoms with Gasteiger partial charge >= 0.3 is 0 Å². The smallest absolute Gasteiger partial charge is 0.256 e. The van der Waals surface area contributed by atoms with Gasteiger partial charge in [0.2, 0.25) is 0 Å². The normalized spacial score (nSPS) is 27.4. The van der Waals surface area contributed by atoms with E-state index in [4.69, 9.17) is 0 Å². The van der Waals surface area contributed by atoms with Gasteiger partial charge in [0.05, 0.1) is 11.3 Å². The van der Waals surface area contributed by atoms with Crippen LogP contribution in [0.15, 0.2) is 16.3 Å². The molecule has 0 spiro atoms. The second kappa shape index (κ2) is 3.44. The molecule has 0 unspecified atom stereocenters. The van der Waals surface area contributed by atoms with Crippen molar-refractivity contribution < 1.29 is 9.90 Å². The summed E-state index contributed by atoms with van der Waals surface area (Å²) in [6.45, 7) is 5.36. The standard InChI is InChI=1S/C10H16N2O2/c1-6(13)8-7(11-4)5-10(2,3)12-9(8)14/h13H,5H2,1-4H3,(H,12,14)/b8-6-,11-7?. The van der Waals surface area contributed by atoms with Gasteiger partial charge in [0, 0.05) is 19.0 Å². The van der Waals surface area contributed by atoms with E-state index in [9.17, 15) is 9.90 Å². The first kappa shape index (κ1) is 10.8. The number of aliphatic hydroxyl groups is 1. The number of hydrogen-bond acceptors (Lipinski definition) is 3. The largest absolute Gasteiger partial charge is 0.512 e. The first-order valence-corrected chi connectivity index (χ1v) is 4.56. The minimum atomic E-state index is -0.287. The SMILES string of the molecule is CN=C1CC(C)(C)NC(=O)/C1=C(/C)O. The number of hydrogen-bond donors (Lipinski definition) is 2. The number of allylic oxidation sites excluding steroid dienone is 1. The predicted molar refractivity (Wildman–Crippen MR) is 55.5 cm³/mol. The van der Waals surface area contributed by atoms with Crippen LogP contribution in [0.25, 0.3) is 0 Å². The Hall–Kier alpha value is -1.32. The lowest BCUT2D eigenvalue weighted by Crippen LogP contribution is -2.51. The molecule has 1 amide bonds. The van der Waals surface area contributed by atoms with Crippen LogP contribution in [0.2, 0.25) is 0 Å². The average Bonchev–Trinajstić information content (AvgIpc) is 1.99. The van der Waals surface area contributed by atoms with E-state index < -0.39 is 0 Å². The fraction of sp³-hybridized carbons (Fsp3) is 0.600. The molecule has 1 aliphatic rings. The maximum atomic E-state index is 11.6. The van der Waals surface area contributed by atoms with Crippen molar-refractivity contribution in [3.05, 3.63) is 11.3 Å². The molecule has 0 aliphatic carbocycles. The highest BCUT2D eigenvalue weighted by atomic mass is 16.3. The van der Waals surface area contributed by atoms with E-state index in [-0.39, 0.29) is 17.2 Å². The highest BCUT2D eigenvalue weighted by Gasteiger charge is 2.34. The third-order valence-corrected chi connectivity index (χ3v) is 2.21. The molecule has 78 valence electrons. The summed E-state index contributed by atoms with van der Waals surface area (Å²) in [6, 6.07) is 0. The molecule has 1 saturated heterocycles. The van der Waals surface area contributed by atoms with Gasteiger partial charge in [-0.3, -0.25) is 9.79 Å². The monoisotopic (exact) mass is 196 g/mol. The second-order valence-corrected chi connectivity index (χ2v) is 4.15. The summed E-state index contributed by atoms with van der Waals surface area (Å²) in [5.74, 6) is -0.222. The minimum Gasteiger partial charge on any atom is -0.512 e. The molecule has 1 aliphatic heterocycles. The first-order chi connectivity index (χ1) is 6.37. The molecule has 4 nitrogen and oxygen atoms in total. The van der Waals surface area contributed by atoms with Crippen LogP contribution in [0.4, 0.5) is 0 Å². The Morgan fingerprint density at radius 2 is 2.14 bits per heavy atom. The number of nitrogens with zero attached hydrogens (tertiary/aromatic N) is 1. The fourth-order valence-corrected chi connectivity index (χ4v) is 1.62. The van der Waals surface area contributed by atoms with Crippen molar-refractivity contribution in [2.75, 3.05) is 7.05 Å². The van der Waals surface area contributed by atoms with Crippen LogP contribution >= 0.6 is 0 Å². The van der Waals surface area contributed by atoms with Crippen molar-refractivity contribution in [2.24, 2.45) is 4.99 Å². The lowest BCUT2D eigenvalue weighted by molar-refractivity contribution is -0.119. The molecule has 0 aromatic carbocycles. The van der Waals surface area contributed by atoms with Gasteiger partial charge in [-0.15, -0.1) is 0 Å². The quantitative estimate of drug-likeness (QED) is 0.451. The zero-order chi connectivity index (χ0) is 10.9. The van der Waals surface area contributed by atoms with E-state index in [0.29, 0.717) is 17.7 Å². The Morgan fingerprint density at radius 1 is 1.57 bits per heavy atom. The summed E-state index contributed by atoms with van der Waals surface area (Å²) in [5, 5.41) is 12.2. The van der Waals surface area contributed by atoms with E-state index in [1.54, 1.807) is 7.05 Å². The third-order valence-electron chi connectivity index (χ3n) is 2.21. The van der Waals surface area contributed by atoms with Gasteiger partial charge in [-0.2, -0.15) is 0 Å². The minimum absolute atomic E-state index is 0.0265. The van der Waals surface area contributed by atoms with Gasteiger partial charge < -0.3 is 10.4 Å². The lowest BCUT2D eigenvalue weighted by atomic mass is 9.87. The predicted octanol–water partition coefficient (Wildman–Crippen LogP) is 1.19. The van der Waals surface area contributed by atoms with Gasteiger partial charge in [-0.1, -0.05) is 0 Å². The van der Waals surface area contributed by atoms with Crippen LogP contribution in [0.5, 0.6) is 0 Å². The summed E-state index contributed by atoms with van der Waals surface area (Å²) in [6.07, 6.45) is 0.641. The summed E-state index contributed by atoms with van der Waals surface area (Å²) in [4.78, 5) is 15.6. The van der Waals surface area contributed by atoms with Crippen molar-refractivity contribution in [1.82, 2.24) is 5.32 Å². The molecule has 0 aromatic heterocycles. The number of nitrogens with one attached hydrogen (secondary N) is 1. The number of piperidine rings is 1. The van der Waals surface area contributed by atoms with Gasteiger partial charge in [0.15, 0.2) is 0 Å². The summed E-state index contributed by atoms with van der Waals surface area (Å²) < 4.78 is 0. The number of aliphatic imine (C=N–C) groups is 1. The summed E-state index contributed by atoms with van der Waals surface area (Å²) >= 11 is 0. The van der Waals surface area contributed by atoms with Crippen molar-refractivity contribution in [1.29, 1.82) is 0 Å². The molecule has 0 aromatic rings. The van der Waals surface area contributed by atoms with Gasteiger partial charge in [0.25, 0.3) is 5.91 Å². The van der Waals surface area contributed by atoms with Crippen LogP contribution in [0, 0.1) is 0 Å². The molecular weight excluding hydrogens is 180 g/mol. The van der Waals surface area contributed by atoms with E-state index >= 15 is 0 Å². The number of aliphatic hydroxyl groups excluding tert-OH is 1. The van der Waals surface area contributed by atoms with Crippen LogP contribution in [-0.2, 0) is 4.79 Å². The topological polar surface area (TPSA) is 61.7 Å². The molecule has 4 heteroatoms. The van der Waals surface area contributed by atoms with Crippen LogP contribution < -0.4 is 5.32 Å². The fourth-order valence-electron chi connectivity index (χ4n) is 1.62. The lowest BCUT2D eigenvalue weighted by Gasteiger charge is -2.33. The van der Waals surface area contributed by atoms with Crippen molar-refractivity contribution in [3.8, 4) is 0 Å². The molecule has 0 bridgehead atoms. The molecule has 2 N–H and O–H groups in total. The maximum absolute atomic E-state index is 11.6. The van der Waals surface area contributed by atoms with Crippen molar-refractivity contribution in [3.63, 3.8) is 0 Å². The first-order valence-electron chi connectivity index (χ1n) is 4.56. The molecule has 14 heavy (non-hydrogen) atoms. The van der Waals surface area contributed by atoms with Gasteiger partial charge in [0.1, 0.15) is 5.76 Å². The Morgan fingerprint density at radius 3 is 2.57 bits per heavy atom. The Labute approximate surface area is 83.7 Å². The highest BCUT2D eigenvalue weighted by molar-refractivity contribution is 6.24. The van der Waals surface area contributed by atoms with E-state index in [1.807, 2.05) is 13.8 Å². The molecule has 0 atom stereocenters. The number of amides is 1. The van der Waals surface area contributed by atoms with Gasteiger partial charge in [-0.05, 0) is 20.8 Å². The van der Waals surface area contributed by atoms with E-state index in [0.717, 1.165) is 0 Å².